The Labute approximate surface area is 114 Å². The van der Waals surface area contributed by atoms with Crippen LogP contribution in [0.15, 0.2) is 17.1 Å². The number of amides is 1. The predicted molar refractivity (Wildman–Crippen MR) is 73.7 cm³/mol. The molecule has 0 aliphatic carbocycles. The second-order valence-electron chi connectivity index (χ2n) is 4.04. The van der Waals surface area contributed by atoms with Crippen molar-refractivity contribution in [3.05, 3.63) is 33.7 Å². The molecule has 0 radical (unpaired) electrons. The quantitative estimate of drug-likeness (QED) is 0.711. The minimum atomic E-state index is -1.11. The van der Waals surface area contributed by atoms with Gasteiger partial charge < -0.3 is 15.4 Å². The zero-order valence-corrected chi connectivity index (χ0v) is 11.5. The van der Waals surface area contributed by atoms with Crippen molar-refractivity contribution in [2.75, 3.05) is 12.0 Å². The van der Waals surface area contributed by atoms with Crippen molar-refractivity contribution in [3.8, 4) is 0 Å². The molecular formula is C12H16N2O4S. The standard InChI is InChI=1S/C12H16N2O4S/c1-7-5-10(15)8(6-13-7)11(16)14-9(12(17)18)3-4-19-2/h5-6,9H,3-4H2,1-2H3,(H,13,15)(H,14,16)(H,17,18)/t9-/m0/s1. The van der Waals surface area contributed by atoms with E-state index >= 15 is 0 Å². The van der Waals surface area contributed by atoms with E-state index in [1.807, 2.05) is 6.26 Å². The molecule has 104 valence electrons. The lowest BCUT2D eigenvalue weighted by atomic mass is 10.2. The van der Waals surface area contributed by atoms with E-state index in [0.717, 1.165) is 0 Å². The fraction of sp³-hybridized carbons (Fsp3) is 0.417. The van der Waals surface area contributed by atoms with Crippen LogP contribution in [0.4, 0.5) is 0 Å². The Morgan fingerprint density at radius 2 is 2.21 bits per heavy atom. The molecule has 1 amide bonds. The topological polar surface area (TPSA) is 99.3 Å². The molecule has 0 aliphatic heterocycles. The minimum absolute atomic E-state index is 0.0824. The van der Waals surface area contributed by atoms with Gasteiger partial charge in [0.15, 0.2) is 5.43 Å². The molecule has 1 rings (SSSR count). The second-order valence-corrected chi connectivity index (χ2v) is 5.03. The highest BCUT2D eigenvalue weighted by Gasteiger charge is 2.21. The first-order valence-electron chi connectivity index (χ1n) is 5.67. The molecule has 1 aromatic heterocycles. The molecule has 19 heavy (non-hydrogen) atoms. The number of aliphatic carboxylic acids is 1. The van der Waals surface area contributed by atoms with E-state index in [0.29, 0.717) is 17.9 Å². The summed E-state index contributed by atoms with van der Waals surface area (Å²) in [7, 11) is 0. The lowest BCUT2D eigenvalue weighted by Crippen LogP contribution is -2.42. The molecule has 0 aromatic carbocycles. The Bertz CT molecular complexity index is 527. The van der Waals surface area contributed by atoms with Crippen molar-refractivity contribution in [1.82, 2.24) is 10.3 Å². The average molecular weight is 284 g/mol. The number of pyridine rings is 1. The number of thioether (sulfide) groups is 1. The van der Waals surface area contributed by atoms with Crippen LogP contribution >= 0.6 is 11.8 Å². The summed E-state index contributed by atoms with van der Waals surface area (Å²) in [6, 6.07) is 0.313. The van der Waals surface area contributed by atoms with Crippen LogP contribution in [-0.4, -0.2) is 40.0 Å². The van der Waals surface area contributed by atoms with Gasteiger partial charge in [-0.1, -0.05) is 0 Å². The highest BCUT2D eigenvalue weighted by Crippen LogP contribution is 2.02. The average Bonchev–Trinajstić information content (AvgIpc) is 2.33. The maximum atomic E-state index is 11.9. The molecule has 0 unspecified atom stereocenters. The van der Waals surface area contributed by atoms with Crippen LogP contribution in [0.1, 0.15) is 22.5 Å². The molecule has 0 saturated heterocycles. The molecule has 1 aromatic rings. The van der Waals surface area contributed by atoms with Crippen molar-refractivity contribution in [2.45, 2.75) is 19.4 Å². The van der Waals surface area contributed by atoms with E-state index in [1.165, 1.54) is 24.0 Å². The zero-order chi connectivity index (χ0) is 14.4. The zero-order valence-electron chi connectivity index (χ0n) is 10.7. The van der Waals surface area contributed by atoms with Crippen LogP contribution in [0.3, 0.4) is 0 Å². The number of carboxylic acid groups (broad SMARTS) is 1. The smallest absolute Gasteiger partial charge is 0.326 e. The molecule has 0 aliphatic rings. The van der Waals surface area contributed by atoms with Crippen LogP contribution in [0, 0.1) is 6.92 Å². The summed E-state index contributed by atoms with van der Waals surface area (Å²) >= 11 is 1.49. The number of aromatic nitrogens is 1. The van der Waals surface area contributed by atoms with Crippen LogP contribution < -0.4 is 10.7 Å². The third kappa shape index (κ3) is 4.44. The Morgan fingerprint density at radius 1 is 1.53 bits per heavy atom. The van der Waals surface area contributed by atoms with Gasteiger partial charge in [0.2, 0.25) is 0 Å². The third-order valence-corrected chi connectivity index (χ3v) is 3.16. The summed E-state index contributed by atoms with van der Waals surface area (Å²) in [6.07, 6.45) is 3.46. The summed E-state index contributed by atoms with van der Waals surface area (Å²) in [5.74, 6) is -1.16. The Balaban J connectivity index is 2.81. The van der Waals surface area contributed by atoms with Gasteiger partial charge >= 0.3 is 5.97 Å². The highest BCUT2D eigenvalue weighted by atomic mass is 32.2. The molecule has 0 saturated carbocycles. The van der Waals surface area contributed by atoms with Gasteiger partial charge in [0.25, 0.3) is 5.91 Å². The van der Waals surface area contributed by atoms with Crippen molar-refractivity contribution >= 4 is 23.6 Å². The molecular weight excluding hydrogens is 268 g/mol. The number of aryl methyl sites for hydroxylation is 1. The lowest BCUT2D eigenvalue weighted by Gasteiger charge is -2.13. The monoisotopic (exact) mass is 284 g/mol. The SMILES string of the molecule is CSCC[C@H](NC(=O)c1c[nH]c(C)cc1=O)C(=O)O. The molecule has 1 heterocycles. The van der Waals surface area contributed by atoms with Crippen molar-refractivity contribution in [3.63, 3.8) is 0 Å². The number of rotatable bonds is 6. The van der Waals surface area contributed by atoms with Gasteiger partial charge in [0.1, 0.15) is 11.6 Å². The molecule has 1 atom stereocenters. The van der Waals surface area contributed by atoms with E-state index in [9.17, 15) is 14.4 Å². The Kier molecular flexibility index (Phi) is 5.62. The normalized spacial score (nSPS) is 11.9. The summed E-state index contributed by atoms with van der Waals surface area (Å²) < 4.78 is 0. The number of carbonyl (C=O) groups excluding carboxylic acids is 1. The molecule has 0 spiro atoms. The van der Waals surface area contributed by atoms with Gasteiger partial charge in [-0.25, -0.2) is 4.79 Å². The molecule has 0 fully saturated rings. The largest absolute Gasteiger partial charge is 0.480 e. The summed E-state index contributed by atoms with van der Waals surface area (Å²) in [4.78, 5) is 37.2. The first kappa shape index (κ1) is 15.3. The van der Waals surface area contributed by atoms with Gasteiger partial charge in [-0.05, 0) is 25.4 Å². The number of aromatic amines is 1. The number of carboxylic acids is 1. The van der Waals surface area contributed by atoms with Crippen LogP contribution in [0.5, 0.6) is 0 Å². The van der Waals surface area contributed by atoms with Gasteiger partial charge in [-0.2, -0.15) is 11.8 Å². The van der Waals surface area contributed by atoms with Crippen LogP contribution in [-0.2, 0) is 4.79 Å². The van der Waals surface area contributed by atoms with E-state index in [4.69, 9.17) is 5.11 Å². The van der Waals surface area contributed by atoms with E-state index in [-0.39, 0.29) is 5.56 Å². The number of H-pyrrole nitrogens is 1. The molecule has 7 heteroatoms. The Morgan fingerprint density at radius 3 is 2.74 bits per heavy atom. The van der Waals surface area contributed by atoms with Crippen molar-refractivity contribution < 1.29 is 14.7 Å². The molecule has 3 N–H and O–H groups in total. The fourth-order valence-electron chi connectivity index (χ4n) is 1.48. The summed E-state index contributed by atoms with van der Waals surface area (Å²) in [6.45, 7) is 1.70. The maximum Gasteiger partial charge on any atom is 0.326 e. The lowest BCUT2D eigenvalue weighted by molar-refractivity contribution is -0.139. The second kappa shape index (κ2) is 6.98. The van der Waals surface area contributed by atoms with Gasteiger partial charge in [-0.3, -0.25) is 9.59 Å². The highest BCUT2D eigenvalue weighted by molar-refractivity contribution is 7.98. The fourth-order valence-corrected chi connectivity index (χ4v) is 1.95. The van der Waals surface area contributed by atoms with E-state index in [2.05, 4.69) is 10.3 Å². The summed E-state index contributed by atoms with van der Waals surface area (Å²) in [5.41, 5.74) is 0.127. The summed E-state index contributed by atoms with van der Waals surface area (Å²) in [5, 5.41) is 11.4. The molecule has 6 nitrogen and oxygen atoms in total. The van der Waals surface area contributed by atoms with E-state index < -0.39 is 23.3 Å². The minimum Gasteiger partial charge on any atom is -0.480 e. The van der Waals surface area contributed by atoms with Gasteiger partial charge in [0.05, 0.1) is 0 Å². The van der Waals surface area contributed by atoms with Gasteiger partial charge in [-0.15, -0.1) is 0 Å². The molecule has 0 bridgehead atoms. The predicted octanol–water partition coefficient (Wildman–Crippen LogP) is 0.619. The number of carbonyl (C=O) groups is 2. The van der Waals surface area contributed by atoms with Crippen molar-refractivity contribution in [1.29, 1.82) is 0 Å². The number of nitrogens with one attached hydrogen (secondary N) is 2. The van der Waals surface area contributed by atoms with Gasteiger partial charge in [0, 0.05) is 18.0 Å². The maximum absolute atomic E-state index is 11.9. The number of hydrogen-bond acceptors (Lipinski definition) is 4. The number of hydrogen-bond donors (Lipinski definition) is 3. The van der Waals surface area contributed by atoms with Crippen LogP contribution in [0.25, 0.3) is 0 Å². The van der Waals surface area contributed by atoms with Crippen molar-refractivity contribution in [2.24, 2.45) is 0 Å². The van der Waals surface area contributed by atoms with Crippen LogP contribution in [0.2, 0.25) is 0 Å². The Hall–Kier alpha value is -1.76. The first-order valence-corrected chi connectivity index (χ1v) is 7.07. The first-order chi connectivity index (χ1) is 8.95. The third-order valence-electron chi connectivity index (χ3n) is 2.52. The van der Waals surface area contributed by atoms with E-state index in [1.54, 1.807) is 6.92 Å².